The van der Waals surface area contributed by atoms with Gasteiger partial charge in [-0.15, -0.1) is 0 Å². The molecule has 0 unspecified atom stereocenters. The molecule has 6 aromatic rings. The molecule has 0 aliphatic rings. The lowest BCUT2D eigenvalue weighted by Crippen LogP contribution is -2.21. The highest BCUT2D eigenvalue weighted by Gasteiger charge is 2.20. The summed E-state index contributed by atoms with van der Waals surface area (Å²) in [7, 11) is -1.90. The Morgan fingerprint density at radius 2 is 0.865 bits per heavy atom. The van der Waals surface area contributed by atoms with Gasteiger partial charge >= 0.3 is 7.32 Å². The second-order valence-corrected chi connectivity index (χ2v) is 8.79. The first-order valence-electron chi connectivity index (χ1n) is 12.2. The zero-order chi connectivity index (χ0) is 25.2. The first kappa shape index (κ1) is 22.9. The highest BCUT2D eigenvalue weighted by molar-refractivity contribution is 6.35. The molecule has 0 aliphatic carbocycles. The highest BCUT2D eigenvalue weighted by atomic mass is 16.6. The zero-order valence-corrected chi connectivity index (χ0v) is 20.0. The van der Waals surface area contributed by atoms with Crippen LogP contribution in [0.3, 0.4) is 0 Å². The van der Waals surface area contributed by atoms with E-state index >= 15 is 0 Å². The molecule has 0 aromatic heterocycles. The van der Waals surface area contributed by atoms with Crippen molar-refractivity contribution in [2.24, 2.45) is 0 Å². The molecule has 37 heavy (non-hydrogen) atoms. The van der Waals surface area contributed by atoms with E-state index in [1.807, 2.05) is 84.9 Å². The number of anilines is 3. The second-order valence-electron chi connectivity index (χ2n) is 8.79. The summed E-state index contributed by atoms with van der Waals surface area (Å²) < 4.78 is 5.48. The molecule has 0 heterocycles. The SMILES string of the molecule is OB(O)Oc1c2ccccc2c(-c2ccc(N(c3ccccc3)c3ccccc3)cc2)c2ccccc12. The van der Waals surface area contributed by atoms with Crippen LogP contribution >= 0.6 is 0 Å². The Balaban J connectivity index is 1.53. The van der Waals surface area contributed by atoms with Gasteiger partial charge in [0.25, 0.3) is 0 Å². The molecule has 6 rings (SSSR count). The Labute approximate surface area is 215 Å². The summed E-state index contributed by atoms with van der Waals surface area (Å²) in [6.07, 6.45) is 0. The van der Waals surface area contributed by atoms with Gasteiger partial charge in [0, 0.05) is 27.8 Å². The summed E-state index contributed by atoms with van der Waals surface area (Å²) >= 11 is 0. The monoisotopic (exact) mass is 481 g/mol. The van der Waals surface area contributed by atoms with Crippen LogP contribution in [0.5, 0.6) is 5.75 Å². The molecule has 5 heteroatoms. The van der Waals surface area contributed by atoms with Crippen LogP contribution in [-0.2, 0) is 0 Å². The third kappa shape index (κ3) is 4.31. The summed E-state index contributed by atoms with van der Waals surface area (Å²) in [5, 5.41) is 22.8. The smallest absolute Gasteiger partial charge is 0.511 e. The molecule has 0 fully saturated rings. The van der Waals surface area contributed by atoms with Gasteiger partial charge in [-0.25, -0.2) is 0 Å². The van der Waals surface area contributed by atoms with Gasteiger partial charge < -0.3 is 19.6 Å². The van der Waals surface area contributed by atoms with E-state index in [2.05, 4.69) is 53.4 Å². The van der Waals surface area contributed by atoms with Crippen LogP contribution in [0.2, 0.25) is 0 Å². The van der Waals surface area contributed by atoms with Gasteiger partial charge in [0.2, 0.25) is 0 Å². The van der Waals surface area contributed by atoms with Crippen LogP contribution in [0.1, 0.15) is 0 Å². The van der Waals surface area contributed by atoms with Gasteiger partial charge in [0.1, 0.15) is 5.75 Å². The topological polar surface area (TPSA) is 52.9 Å². The lowest BCUT2D eigenvalue weighted by molar-refractivity contribution is 0.291. The van der Waals surface area contributed by atoms with E-state index in [4.69, 9.17) is 4.65 Å². The second kappa shape index (κ2) is 9.82. The van der Waals surface area contributed by atoms with Crippen molar-refractivity contribution in [2.75, 3.05) is 4.90 Å². The summed E-state index contributed by atoms with van der Waals surface area (Å²) in [4.78, 5) is 2.24. The number of nitrogens with zero attached hydrogens (tertiary/aromatic N) is 1. The molecule has 0 spiro atoms. The van der Waals surface area contributed by atoms with Crippen LogP contribution in [0.4, 0.5) is 17.1 Å². The largest absolute Gasteiger partial charge is 0.707 e. The molecule has 0 amide bonds. The molecule has 0 radical (unpaired) electrons. The molecular weight excluding hydrogens is 457 g/mol. The lowest BCUT2D eigenvalue weighted by Gasteiger charge is -2.25. The first-order valence-corrected chi connectivity index (χ1v) is 12.2. The average Bonchev–Trinajstić information content (AvgIpc) is 2.95. The van der Waals surface area contributed by atoms with E-state index in [1.165, 1.54) is 0 Å². The van der Waals surface area contributed by atoms with Crippen LogP contribution in [-0.4, -0.2) is 17.4 Å². The maximum atomic E-state index is 9.61. The third-order valence-electron chi connectivity index (χ3n) is 6.55. The number of rotatable bonds is 6. The predicted octanol–water partition coefficient (Wildman–Crippen LogP) is 7.48. The Morgan fingerprint density at radius 3 is 1.32 bits per heavy atom. The van der Waals surface area contributed by atoms with Gasteiger partial charge in [0.15, 0.2) is 0 Å². The van der Waals surface area contributed by atoms with E-state index in [0.29, 0.717) is 5.75 Å². The maximum Gasteiger partial charge on any atom is 0.707 e. The predicted molar refractivity (Wildman–Crippen MR) is 152 cm³/mol. The lowest BCUT2D eigenvalue weighted by atomic mass is 9.91. The highest BCUT2D eigenvalue weighted by Crippen LogP contribution is 2.44. The Hall–Kier alpha value is -4.58. The van der Waals surface area contributed by atoms with Crippen molar-refractivity contribution in [3.63, 3.8) is 0 Å². The van der Waals surface area contributed by atoms with Crippen LogP contribution in [0.25, 0.3) is 32.7 Å². The average molecular weight is 481 g/mol. The van der Waals surface area contributed by atoms with E-state index in [0.717, 1.165) is 49.7 Å². The first-order chi connectivity index (χ1) is 18.2. The van der Waals surface area contributed by atoms with Crippen molar-refractivity contribution in [1.82, 2.24) is 0 Å². The Bertz CT molecular complexity index is 1570. The minimum absolute atomic E-state index is 0.459. The summed E-state index contributed by atoms with van der Waals surface area (Å²) in [6.45, 7) is 0. The summed E-state index contributed by atoms with van der Waals surface area (Å²) in [5.74, 6) is 0.459. The van der Waals surface area contributed by atoms with Gasteiger partial charge in [-0.2, -0.15) is 0 Å². The van der Waals surface area contributed by atoms with E-state index in [-0.39, 0.29) is 0 Å². The molecule has 0 atom stereocenters. The molecule has 178 valence electrons. The molecule has 2 N–H and O–H groups in total. The van der Waals surface area contributed by atoms with Crippen molar-refractivity contribution in [2.45, 2.75) is 0 Å². The minimum atomic E-state index is -1.90. The fraction of sp³-hybridized carbons (Fsp3) is 0. The Morgan fingerprint density at radius 1 is 0.459 bits per heavy atom. The fourth-order valence-electron chi connectivity index (χ4n) is 5.01. The Kier molecular flexibility index (Phi) is 6.07. The molecule has 0 saturated heterocycles. The fourth-order valence-corrected chi connectivity index (χ4v) is 5.01. The maximum absolute atomic E-state index is 9.61. The van der Waals surface area contributed by atoms with Gasteiger partial charge in [-0.05, 0) is 58.3 Å². The third-order valence-corrected chi connectivity index (χ3v) is 6.55. The van der Waals surface area contributed by atoms with Crippen molar-refractivity contribution in [3.05, 3.63) is 133 Å². The van der Waals surface area contributed by atoms with Gasteiger partial charge in [-0.1, -0.05) is 97.1 Å². The van der Waals surface area contributed by atoms with Crippen LogP contribution in [0, 0.1) is 0 Å². The van der Waals surface area contributed by atoms with Crippen molar-refractivity contribution in [3.8, 4) is 16.9 Å². The molecule has 0 aliphatic heterocycles. The number of benzene rings is 6. The molecule has 4 nitrogen and oxygen atoms in total. The van der Waals surface area contributed by atoms with Crippen molar-refractivity contribution < 1.29 is 14.7 Å². The van der Waals surface area contributed by atoms with Crippen LogP contribution in [0.15, 0.2) is 133 Å². The molecule has 0 saturated carbocycles. The number of fused-ring (bicyclic) bond motifs is 2. The van der Waals surface area contributed by atoms with E-state index in [9.17, 15) is 10.0 Å². The van der Waals surface area contributed by atoms with Gasteiger partial charge in [-0.3, -0.25) is 0 Å². The van der Waals surface area contributed by atoms with Crippen molar-refractivity contribution in [1.29, 1.82) is 0 Å². The number of para-hydroxylation sites is 2. The number of hydrogen-bond donors (Lipinski definition) is 2. The van der Waals surface area contributed by atoms with E-state index < -0.39 is 7.32 Å². The van der Waals surface area contributed by atoms with Crippen LogP contribution < -0.4 is 9.55 Å². The standard InChI is InChI=1S/C32H24BNO3/c35-33(36)37-32-29-17-9-7-15-27(29)31(28-16-8-10-18-30(28)32)23-19-21-26(22-20-23)34(24-11-3-1-4-12-24)25-13-5-2-6-14-25/h1-22,35-36H. The molecule has 6 aromatic carbocycles. The molecule has 0 bridgehead atoms. The normalized spacial score (nSPS) is 11.0. The molecular formula is C32H24BNO3. The summed E-state index contributed by atoms with van der Waals surface area (Å²) in [5.41, 5.74) is 5.36. The van der Waals surface area contributed by atoms with Crippen molar-refractivity contribution >= 4 is 45.9 Å². The summed E-state index contributed by atoms with van der Waals surface area (Å²) in [6, 6.07) is 45.0. The zero-order valence-electron chi connectivity index (χ0n) is 20.0. The van der Waals surface area contributed by atoms with Gasteiger partial charge in [0.05, 0.1) is 0 Å². The minimum Gasteiger partial charge on any atom is -0.511 e. The van der Waals surface area contributed by atoms with E-state index in [1.54, 1.807) is 0 Å². The number of hydrogen-bond acceptors (Lipinski definition) is 4. The quantitative estimate of drug-likeness (QED) is 0.191.